The van der Waals surface area contributed by atoms with E-state index in [2.05, 4.69) is 34.3 Å². The third kappa shape index (κ3) is 4.41. The summed E-state index contributed by atoms with van der Waals surface area (Å²) in [6, 6.07) is 5.50. The monoisotopic (exact) mass is 460 g/mol. The minimum Gasteiger partial charge on any atom is -0.479 e. The summed E-state index contributed by atoms with van der Waals surface area (Å²) in [5.74, 6) is 2.41. The lowest BCUT2D eigenvalue weighted by atomic mass is 10.0. The number of hydrogen-bond acceptors (Lipinski definition) is 6. The summed E-state index contributed by atoms with van der Waals surface area (Å²) >= 11 is 0. The van der Waals surface area contributed by atoms with Crippen molar-refractivity contribution in [3.8, 4) is 0 Å². The lowest BCUT2D eigenvalue weighted by Gasteiger charge is -2.39. The van der Waals surface area contributed by atoms with E-state index in [0.717, 1.165) is 30.5 Å². The molecule has 32 heavy (non-hydrogen) atoms. The van der Waals surface area contributed by atoms with Crippen LogP contribution in [0, 0.1) is 11.7 Å². The van der Waals surface area contributed by atoms with Gasteiger partial charge < -0.3 is 20.1 Å². The Kier molecular flexibility index (Phi) is 5.71. The van der Waals surface area contributed by atoms with E-state index in [1.54, 1.807) is 6.07 Å². The van der Waals surface area contributed by atoms with Gasteiger partial charge in [0.05, 0.1) is 36.8 Å². The average Bonchev–Trinajstić information content (AvgIpc) is 3.47. The van der Waals surface area contributed by atoms with Crippen molar-refractivity contribution in [2.24, 2.45) is 5.92 Å². The van der Waals surface area contributed by atoms with Gasteiger partial charge in [0.15, 0.2) is 17.5 Å². The number of aromatic amines is 1. The maximum Gasteiger partial charge on any atom is 0.179 e. The maximum atomic E-state index is 14.8. The van der Waals surface area contributed by atoms with Crippen LogP contribution >= 0.6 is 0 Å². The number of ether oxygens (including phenoxy) is 2. The van der Waals surface area contributed by atoms with Crippen molar-refractivity contribution in [3.63, 3.8) is 0 Å². The molecule has 1 saturated carbocycles. The molecule has 3 N–H and O–H groups in total. The van der Waals surface area contributed by atoms with Gasteiger partial charge in [-0.15, -0.1) is 0 Å². The van der Waals surface area contributed by atoms with Crippen molar-refractivity contribution < 1.29 is 18.1 Å². The molecular weight excluding hydrogens is 431 g/mol. The molecule has 2 aromatic rings. The summed E-state index contributed by atoms with van der Waals surface area (Å²) in [4.78, 5) is 0. The lowest BCUT2D eigenvalue weighted by molar-refractivity contribution is -0.0677. The fourth-order valence-corrected chi connectivity index (χ4v) is 6.12. The first-order chi connectivity index (χ1) is 15.4. The van der Waals surface area contributed by atoms with Gasteiger partial charge in [0, 0.05) is 39.8 Å². The second-order valence-electron chi connectivity index (χ2n) is 9.42. The van der Waals surface area contributed by atoms with Crippen LogP contribution in [0.15, 0.2) is 30.7 Å². The summed E-state index contributed by atoms with van der Waals surface area (Å²) in [6.07, 6.45) is 3.14. The Bertz CT molecular complexity index is 1050. The molecule has 1 aromatic carbocycles. The van der Waals surface area contributed by atoms with Crippen molar-refractivity contribution in [1.29, 1.82) is 0 Å². The Hall–Kier alpha value is -2.39. The van der Waals surface area contributed by atoms with Crippen LogP contribution in [-0.4, -0.2) is 39.8 Å². The van der Waals surface area contributed by atoms with Crippen LogP contribution in [0.4, 0.5) is 15.9 Å². The van der Waals surface area contributed by atoms with E-state index in [9.17, 15) is 8.60 Å². The molecule has 0 spiro atoms. The first kappa shape index (κ1) is 21.5. The van der Waals surface area contributed by atoms with Gasteiger partial charge in [0.2, 0.25) is 0 Å². The highest BCUT2D eigenvalue weighted by atomic mass is 32.2. The maximum absolute atomic E-state index is 14.8. The van der Waals surface area contributed by atoms with E-state index in [1.165, 1.54) is 0 Å². The SMILES string of the molecule is C=C(NC1(C)COC1)OCC1CCC(c2cc(Nc3ccc4c(c3F)CS(=O)C4)n[nH]2)C1. The summed E-state index contributed by atoms with van der Waals surface area (Å²) in [5.41, 5.74) is 2.74. The zero-order valence-electron chi connectivity index (χ0n) is 18.2. The lowest BCUT2D eigenvalue weighted by Crippen LogP contribution is -2.57. The average molecular weight is 461 g/mol. The van der Waals surface area contributed by atoms with Crippen LogP contribution < -0.4 is 10.6 Å². The number of aromatic nitrogens is 2. The molecule has 7 nitrogen and oxygen atoms in total. The Morgan fingerprint density at radius 3 is 3.03 bits per heavy atom. The van der Waals surface area contributed by atoms with Crippen LogP contribution in [0.1, 0.15) is 48.9 Å². The van der Waals surface area contributed by atoms with Gasteiger partial charge in [0.1, 0.15) is 0 Å². The molecule has 3 atom stereocenters. The van der Waals surface area contributed by atoms with E-state index in [1.807, 2.05) is 12.1 Å². The van der Waals surface area contributed by atoms with Crippen molar-refractivity contribution in [1.82, 2.24) is 15.5 Å². The minimum absolute atomic E-state index is 0.0655. The number of nitrogens with one attached hydrogen (secondary N) is 3. The fraction of sp³-hybridized carbons (Fsp3) is 0.522. The number of benzene rings is 1. The molecule has 1 aromatic heterocycles. The van der Waals surface area contributed by atoms with Gasteiger partial charge in [0.25, 0.3) is 0 Å². The minimum atomic E-state index is -1.01. The van der Waals surface area contributed by atoms with Crippen LogP contribution in [0.3, 0.4) is 0 Å². The fourth-order valence-electron chi connectivity index (χ4n) is 4.76. The third-order valence-electron chi connectivity index (χ3n) is 6.58. The second-order valence-corrected chi connectivity index (χ2v) is 10.9. The largest absolute Gasteiger partial charge is 0.479 e. The molecule has 172 valence electrons. The van der Waals surface area contributed by atoms with Gasteiger partial charge in [-0.2, -0.15) is 5.10 Å². The normalized spacial score (nSPS) is 25.8. The van der Waals surface area contributed by atoms with E-state index in [0.29, 0.717) is 60.4 Å². The first-order valence-corrected chi connectivity index (χ1v) is 12.5. The number of halogens is 1. The number of H-pyrrole nitrogens is 1. The first-order valence-electron chi connectivity index (χ1n) is 11.0. The van der Waals surface area contributed by atoms with E-state index >= 15 is 0 Å². The summed E-state index contributed by atoms with van der Waals surface area (Å²) in [6.45, 7) is 8.05. The predicted octanol–water partition coefficient (Wildman–Crippen LogP) is 3.80. The van der Waals surface area contributed by atoms with Gasteiger partial charge in [-0.25, -0.2) is 4.39 Å². The van der Waals surface area contributed by atoms with Crippen molar-refractivity contribution in [2.45, 2.75) is 49.1 Å². The van der Waals surface area contributed by atoms with Gasteiger partial charge >= 0.3 is 0 Å². The van der Waals surface area contributed by atoms with Gasteiger partial charge in [-0.3, -0.25) is 9.31 Å². The van der Waals surface area contributed by atoms with Crippen LogP contribution in [0.25, 0.3) is 0 Å². The zero-order chi connectivity index (χ0) is 22.3. The topological polar surface area (TPSA) is 88.3 Å². The highest BCUT2D eigenvalue weighted by Gasteiger charge is 2.34. The predicted molar refractivity (Wildman–Crippen MR) is 121 cm³/mol. The van der Waals surface area contributed by atoms with Gasteiger partial charge in [-0.1, -0.05) is 6.07 Å². The smallest absolute Gasteiger partial charge is 0.179 e. The highest BCUT2D eigenvalue weighted by Crippen LogP contribution is 2.39. The van der Waals surface area contributed by atoms with Crippen molar-refractivity contribution in [3.05, 3.63) is 53.3 Å². The number of hydrogen-bond donors (Lipinski definition) is 3. The second kappa shape index (κ2) is 8.51. The molecule has 0 amide bonds. The molecular formula is C23H29FN4O3S. The van der Waals surface area contributed by atoms with Crippen LogP contribution in [0.2, 0.25) is 0 Å². The Morgan fingerprint density at radius 2 is 2.25 bits per heavy atom. The van der Waals surface area contributed by atoms with E-state index in [4.69, 9.17) is 9.47 Å². The molecule has 0 radical (unpaired) electrons. The van der Waals surface area contributed by atoms with Crippen LogP contribution in [0.5, 0.6) is 0 Å². The number of rotatable bonds is 8. The molecule has 3 heterocycles. The molecule has 1 saturated heterocycles. The summed E-state index contributed by atoms with van der Waals surface area (Å²) < 4.78 is 37.7. The molecule has 2 aliphatic heterocycles. The Balaban J connectivity index is 1.14. The molecule has 2 fully saturated rings. The van der Waals surface area contributed by atoms with E-state index < -0.39 is 10.8 Å². The third-order valence-corrected chi connectivity index (χ3v) is 7.82. The molecule has 5 rings (SSSR count). The molecule has 9 heteroatoms. The molecule has 0 bridgehead atoms. The molecule has 3 unspecified atom stereocenters. The van der Waals surface area contributed by atoms with Crippen LogP contribution in [-0.2, 0) is 31.8 Å². The summed E-state index contributed by atoms with van der Waals surface area (Å²) in [5, 5.41) is 13.8. The van der Waals surface area contributed by atoms with E-state index in [-0.39, 0.29) is 17.1 Å². The van der Waals surface area contributed by atoms with Gasteiger partial charge in [-0.05, 0) is 50.3 Å². The Morgan fingerprint density at radius 1 is 1.41 bits per heavy atom. The van der Waals surface area contributed by atoms with Crippen molar-refractivity contribution >= 4 is 22.3 Å². The number of anilines is 2. The molecule has 1 aliphatic carbocycles. The zero-order valence-corrected chi connectivity index (χ0v) is 19.0. The standard InChI is InChI=1S/C23H29FN4O3S/c1-14(26-23(2)12-30-13-23)31-9-15-3-4-16(7-15)20-8-21(28-27-20)25-19-6-5-17-10-32(29)11-18(17)22(19)24/h5-6,8,15-16,26H,1,3-4,7,9-13H2,2H3,(H2,25,27,28). The number of fused-ring (bicyclic) bond motifs is 1. The summed E-state index contributed by atoms with van der Waals surface area (Å²) in [7, 11) is -1.01. The Labute approximate surface area is 189 Å². The van der Waals surface area contributed by atoms with Crippen molar-refractivity contribution in [2.75, 3.05) is 25.1 Å². The quantitative estimate of drug-likeness (QED) is 0.520. The number of nitrogens with zero attached hydrogens (tertiary/aromatic N) is 1. The highest BCUT2D eigenvalue weighted by molar-refractivity contribution is 7.83. The molecule has 3 aliphatic rings.